The third-order valence-electron chi connectivity index (χ3n) is 4.32. The molecule has 0 atom stereocenters. The zero-order valence-corrected chi connectivity index (χ0v) is 15.3. The SMILES string of the molecule is N#Cc1c(N)nc(NCc2ccc(C(F)(F)F)cc2)c(C#N)c1-c1cccc(O)c1. The molecular formula is C21H14F3N5O. The summed E-state index contributed by atoms with van der Waals surface area (Å²) in [5.74, 6) is -0.105. The van der Waals surface area contributed by atoms with Gasteiger partial charge >= 0.3 is 6.18 Å². The van der Waals surface area contributed by atoms with Crippen LogP contribution >= 0.6 is 0 Å². The number of nitriles is 2. The number of alkyl halides is 3. The molecule has 0 amide bonds. The third-order valence-corrected chi connectivity index (χ3v) is 4.32. The van der Waals surface area contributed by atoms with Crippen LogP contribution in [0.15, 0.2) is 48.5 Å². The van der Waals surface area contributed by atoms with Crippen LogP contribution in [-0.2, 0) is 12.7 Å². The molecule has 0 aliphatic heterocycles. The van der Waals surface area contributed by atoms with E-state index in [4.69, 9.17) is 5.73 Å². The van der Waals surface area contributed by atoms with Crippen molar-refractivity contribution >= 4 is 11.6 Å². The predicted octanol–water partition coefficient (Wildman–Crippen LogP) is 4.41. The van der Waals surface area contributed by atoms with E-state index in [9.17, 15) is 28.8 Å². The highest BCUT2D eigenvalue weighted by molar-refractivity contribution is 5.85. The Hall–Kier alpha value is -4.24. The molecule has 150 valence electrons. The van der Waals surface area contributed by atoms with Crippen LogP contribution < -0.4 is 11.1 Å². The van der Waals surface area contributed by atoms with Crippen LogP contribution in [-0.4, -0.2) is 10.1 Å². The lowest BCUT2D eigenvalue weighted by molar-refractivity contribution is -0.137. The molecule has 0 unspecified atom stereocenters. The minimum absolute atomic E-state index is 0.0165. The Morgan fingerprint density at radius 3 is 2.27 bits per heavy atom. The number of nitrogen functional groups attached to an aromatic ring is 1. The number of phenols is 1. The Morgan fingerprint density at radius 2 is 1.70 bits per heavy atom. The van der Waals surface area contributed by atoms with Gasteiger partial charge in [-0.15, -0.1) is 0 Å². The summed E-state index contributed by atoms with van der Waals surface area (Å²) >= 11 is 0. The zero-order valence-electron chi connectivity index (χ0n) is 15.3. The van der Waals surface area contributed by atoms with E-state index in [1.807, 2.05) is 12.1 Å². The highest BCUT2D eigenvalue weighted by atomic mass is 19.4. The van der Waals surface area contributed by atoms with E-state index in [2.05, 4.69) is 10.3 Å². The van der Waals surface area contributed by atoms with Crippen LogP contribution in [0.3, 0.4) is 0 Å². The van der Waals surface area contributed by atoms with Crippen LogP contribution in [0.5, 0.6) is 5.75 Å². The van der Waals surface area contributed by atoms with Crippen molar-refractivity contribution in [1.29, 1.82) is 10.5 Å². The quantitative estimate of drug-likeness (QED) is 0.587. The van der Waals surface area contributed by atoms with Gasteiger partial charge in [0.05, 0.1) is 5.56 Å². The lowest BCUT2D eigenvalue weighted by Gasteiger charge is -2.15. The van der Waals surface area contributed by atoms with Crippen molar-refractivity contribution in [3.63, 3.8) is 0 Å². The Labute approximate surface area is 169 Å². The van der Waals surface area contributed by atoms with E-state index >= 15 is 0 Å². The number of phenolic OH excluding ortho intramolecular Hbond substituents is 1. The first kappa shape index (κ1) is 20.5. The normalized spacial score (nSPS) is 10.8. The topological polar surface area (TPSA) is 119 Å². The minimum Gasteiger partial charge on any atom is -0.508 e. The maximum atomic E-state index is 12.7. The second kappa shape index (κ2) is 8.02. The number of nitrogens with two attached hydrogens (primary N) is 1. The molecular weight excluding hydrogens is 395 g/mol. The molecule has 4 N–H and O–H groups in total. The number of anilines is 2. The number of halogens is 3. The van der Waals surface area contributed by atoms with Crippen LogP contribution in [0.4, 0.5) is 24.8 Å². The largest absolute Gasteiger partial charge is 0.508 e. The second-order valence-electron chi connectivity index (χ2n) is 6.29. The molecule has 9 heteroatoms. The van der Waals surface area contributed by atoms with E-state index in [0.29, 0.717) is 11.1 Å². The predicted molar refractivity (Wildman–Crippen MR) is 104 cm³/mol. The van der Waals surface area contributed by atoms with Crippen molar-refractivity contribution in [1.82, 2.24) is 4.98 Å². The van der Waals surface area contributed by atoms with Gasteiger partial charge in [0.25, 0.3) is 0 Å². The first-order chi connectivity index (χ1) is 14.2. The van der Waals surface area contributed by atoms with Crippen LogP contribution in [0.2, 0.25) is 0 Å². The summed E-state index contributed by atoms with van der Waals surface area (Å²) < 4.78 is 38.1. The Balaban J connectivity index is 2.00. The molecule has 0 fully saturated rings. The van der Waals surface area contributed by atoms with Crippen LogP contribution in [0.1, 0.15) is 22.3 Å². The lowest BCUT2D eigenvalue weighted by Crippen LogP contribution is -2.09. The lowest BCUT2D eigenvalue weighted by atomic mass is 9.96. The monoisotopic (exact) mass is 409 g/mol. The molecule has 2 aromatic carbocycles. The maximum Gasteiger partial charge on any atom is 0.416 e. The fourth-order valence-electron chi connectivity index (χ4n) is 2.90. The molecule has 3 aromatic rings. The number of pyridine rings is 1. The van der Waals surface area contributed by atoms with Gasteiger partial charge in [-0.2, -0.15) is 23.7 Å². The van der Waals surface area contributed by atoms with Crippen molar-refractivity contribution < 1.29 is 18.3 Å². The average molecular weight is 409 g/mol. The van der Waals surface area contributed by atoms with E-state index in [1.165, 1.54) is 24.3 Å². The third kappa shape index (κ3) is 4.10. The average Bonchev–Trinajstić information content (AvgIpc) is 2.71. The van der Waals surface area contributed by atoms with E-state index in [-0.39, 0.29) is 40.6 Å². The minimum atomic E-state index is -4.43. The highest BCUT2D eigenvalue weighted by Gasteiger charge is 2.30. The summed E-state index contributed by atoms with van der Waals surface area (Å²) in [7, 11) is 0. The summed E-state index contributed by atoms with van der Waals surface area (Å²) in [5.41, 5.74) is 6.27. The molecule has 0 aliphatic rings. The van der Waals surface area contributed by atoms with E-state index in [1.54, 1.807) is 12.1 Å². The molecule has 0 saturated heterocycles. The summed E-state index contributed by atoms with van der Waals surface area (Å²) in [6.07, 6.45) is -4.43. The first-order valence-electron chi connectivity index (χ1n) is 8.57. The van der Waals surface area contributed by atoms with E-state index < -0.39 is 11.7 Å². The van der Waals surface area contributed by atoms with Gasteiger partial charge in [-0.1, -0.05) is 24.3 Å². The van der Waals surface area contributed by atoms with Gasteiger partial charge in [0.2, 0.25) is 0 Å². The fourth-order valence-corrected chi connectivity index (χ4v) is 2.90. The molecule has 1 heterocycles. The first-order valence-corrected chi connectivity index (χ1v) is 8.57. The molecule has 0 bridgehead atoms. The number of aromatic hydroxyl groups is 1. The molecule has 0 radical (unpaired) electrons. The van der Waals surface area contributed by atoms with Gasteiger partial charge in [-0.05, 0) is 35.4 Å². The Bertz CT molecular complexity index is 1180. The van der Waals surface area contributed by atoms with Crippen LogP contribution in [0.25, 0.3) is 11.1 Å². The number of nitrogens with zero attached hydrogens (tertiary/aromatic N) is 3. The molecule has 1 aromatic heterocycles. The number of nitrogens with one attached hydrogen (secondary N) is 1. The summed E-state index contributed by atoms with van der Waals surface area (Å²) in [5, 5.41) is 31.8. The van der Waals surface area contributed by atoms with E-state index in [0.717, 1.165) is 12.1 Å². The van der Waals surface area contributed by atoms with Gasteiger partial charge in [0.15, 0.2) is 0 Å². The van der Waals surface area contributed by atoms with Gasteiger partial charge in [-0.3, -0.25) is 0 Å². The number of rotatable bonds is 4. The summed E-state index contributed by atoms with van der Waals surface area (Å²) in [6, 6.07) is 14.4. The van der Waals surface area contributed by atoms with Crippen molar-refractivity contribution in [2.45, 2.75) is 12.7 Å². The van der Waals surface area contributed by atoms with Gasteiger partial charge < -0.3 is 16.2 Å². The molecule has 6 nitrogen and oxygen atoms in total. The summed E-state index contributed by atoms with van der Waals surface area (Å²) in [6.45, 7) is 0.0740. The number of aromatic nitrogens is 1. The number of benzene rings is 2. The molecule has 0 spiro atoms. The van der Waals surface area contributed by atoms with Gasteiger partial charge in [0.1, 0.15) is 40.7 Å². The molecule has 3 rings (SSSR count). The van der Waals surface area contributed by atoms with Crippen molar-refractivity contribution in [2.75, 3.05) is 11.1 Å². The second-order valence-corrected chi connectivity index (χ2v) is 6.29. The van der Waals surface area contributed by atoms with Gasteiger partial charge in [0, 0.05) is 12.1 Å². The maximum absolute atomic E-state index is 12.7. The number of hydrogen-bond donors (Lipinski definition) is 3. The fraction of sp³-hybridized carbons (Fsp3) is 0.0952. The molecule has 0 saturated carbocycles. The van der Waals surface area contributed by atoms with Gasteiger partial charge in [-0.25, -0.2) is 4.98 Å². The van der Waals surface area contributed by atoms with Crippen molar-refractivity contribution in [3.8, 4) is 29.0 Å². The Morgan fingerprint density at radius 1 is 1.03 bits per heavy atom. The zero-order chi connectivity index (χ0) is 21.9. The molecule has 30 heavy (non-hydrogen) atoms. The van der Waals surface area contributed by atoms with Crippen molar-refractivity contribution in [3.05, 3.63) is 70.8 Å². The summed E-state index contributed by atoms with van der Waals surface area (Å²) in [4.78, 5) is 4.07. The number of hydrogen-bond acceptors (Lipinski definition) is 6. The standard InChI is InChI=1S/C21H14F3N5O/c22-21(23,24)14-6-4-12(5-7-14)11-28-20-17(10-26)18(16(9-25)19(27)29-20)13-2-1-3-15(30)8-13/h1-8,30H,11H2,(H3,27,28,29). The highest BCUT2D eigenvalue weighted by Crippen LogP contribution is 2.35. The smallest absolute Gasteiger partial charge is 0.416 e. The Kier molecular flexibility index (Phi) is 5.48. The van der Waals surface area contributed by atoms with Crippen LogP contribution in [0, 0.1) is 22.7 Å². The molecule has 0 aliphatic carbocycles. The van der Waals surface area contributed by atoms with Crippen molar-refractivity contribution in [2.24, 2.45) is 0 Å².